The van der Waals surface area contributed by atoms with Crippen LogP contribution in [0.2, 0.25) is 10.0 Å². The number of aromatic nitrogens is 3. The minimum atomic E-state index is -0.197. The van der Waals surface area contributed by atoms with Crippen molar-refractivity contribution in [2.45, 2.75) is 19.4 Å². The molecule has 0 saturated carbocycles. The van der Waals surface area contributed by atoms with Crippen molar-refractivity contribution in [3.63, 3.8) is 0 Å². The summed E-state index contributed by atoms with van der Waals surface area (Å²) < 4.78 is 0. The minimum absolute atomic E-state index is 0.0337. The molecule has 0 radical (unpaired) electrons. The number of hydrogen-bond acceptors (Lipinski definition) is 5. The molecular formula is C20H19Cl2N5O2. The molecule has 0 bridgehead atoms. The Morgan fingerprint density at radius 1 is 1.17 bits per heavy atom. The van der Waals surface area contributed by atoms with E-state index >= 15 is 0 Å². The van der Waals surface area contributed by atoms with Gasteiger partial charge in [0, 0.05) is 17.1 Å². The summed E-state index contributed by atoms with van der Waals surface area (Å²) in [5.41, 5.74) is 0.426. The molecule has 3 heterocycles. The Kier molecular flexibility index (Phi) is 5.80. The quantitative estimate of drug-likeness (QED) is 0.659. The molecule has 0 unspecified atom stereocenters. The van der Waals surface area contributed by atoms with E-state index in [9.17, 15) is 9.59 Å². The molecule has 1 saturated heterocycles. The van der Waals surface area contributed by atoms with Crippen molar-refractivity contribution in [3.05, 3.63) is 62.8 Å². The molecule has 1 aliphatic heterocycles. The van der Waals surface area contributed by atoms with Crippen LogP contribution in [0.1, 0.15) is 18.7 Å². The Morgan fingerprint density at radius 2 is 1.93 bits per heavy atom. The second-order valence-electron chi connectivity index (χ2n) is 7.08. The van der Waals surface area contributed by atoms with Gasteiger partial charge in [0.15, 0.2) is 0 Å². The Hall–Kier alpha value is -2.48. The highest BCUT2D eigenvalue weighted by Crippen LogP contribution is 2.21. The van der Waals surface area contributed by atoms with E-state index in [1.165, 1.54) is 6.20 Å². The number of amides is 1. The SMILES string of the molecule is O=C(Nc1ccc(Cl)cn1)C1CCN(Cc2nc3ccc(Cl)cc3c(=O)[nH]2)CC1. The number of nitrogens with zero attached hydrogens (tertiary/aromatic N) is 3. The molecule has 2 aromatic heterocycles. The van der Waals surface area contributed by atoms with Crippen LogP contribution in [0.4, 0.5) is 5.82 Å². The number of nitrogens with one attached hydrogen (secondary N) is 2. The number of carbonyl (C=O) groups excluding carboxylic acids is 1. The van der Waals surface area contributed by atoms with Crippen LogP contribution in [0.3, 0.4) is 0 Å². The van der Waals surface area contributed by atoms with Gasteiger partial charge in [-0.25, -0.2) is 9.97 Å². The van der Waals surface area contributed by atoms with Gasteiger partial charge in [-0.2, -0.15) is 0 Å². The van der Waals surface area contributed by atoms with Gasteiger partial charge in [0.25, 0.3) is 5.56 Å². The highest BCUT2D eigenvalue weighted by molar-refractivity contribution is 6.31. The minimum Gasteiger partial charge on any atom is -0.310 e. The summed E-state index contributed by atoms with van der Waals surface area (Å²) in [4.78, 5) is 38.4. The molecule has 7 nitrogen and oxygen atoms in total. The maximum atomic E-state index is 12.5. The third kappa shape index (κ3) is 4.75. The largest absolute Gasteiger partial charge is 0.310 e. The van der Waals surface area contributed by atoms with E-state index in [2.05, 4.69) is 25.2 Å². The van der Waals surface area contributed by atoms with Gasteiger partial charge in [-0.1, -0.05) is 23.2 Å². The Morgan fingerprint density at radius 3 is 2.66 bits per heavy atom. The summed E-state index contributed by atoms with van der Waals surface area (Å²) in [5.74, 6) is 1.00. The number of anilines is 1. The first-order chi connectivity index (χ1) is 14.0. The number of rotatable bonds is 4. The predicted molar refractivity (Wildman–Crippen MR) is 113 cm³/mol. The first-order valence-corrected chi connectivity index (χ1v) is 10.1. The van der Waals surface area contributed by atoms with Crippen LogP contribution < -0.4 is 10.9 Å². The number of benzene rings is 1. The van der Waals surface area contributed by atoms with Crippen molar-refractivity contribution in [2.24, 2.45) is 5.92 Å². The average Bonchev–Trinajstić information content (AvgIpc) is 2.71. The number of likely N-dealkylation sites (tertiary alicyclic amines) is 1. The molecule has 1 aromatic carbocycles. The maximum absolute atomic E-state index is 12.5. The number of aromatic amines is 1. The van der Waals surface area contributed by atoms with Crippen molar-refractivity contribution in [1.29, 1.82) is 0 Å². The lowest BCUT2D eigenvalue weighted by Gasteiger charge is -2.30. The molecular weight excluding hydrogens is 413 g/mol. The zero-order chi connectivity index (χ0) is 20.4. The first kappa shape index (κ1) is 19.8. The molecule has 0 atom stereocenters. The number of H-pyrrole nitrogens is 1. The van der Waals surface area contributed by atoms with Gasteiger partial charge in [-0.15, -0.1) is 0 Å². The molecule has 150 valence electrons. The molecule has 1 amide bonds. The van der Waals surface area contributed by atoms with E-state index in [0.717, 1.165) is 25.9 Å². The van der Waals surface area contributed by atoms with Gasteiger partial charge in [-0.3, -0.25) is 14.5 Å². The van der Waals surface area contributed by atoms with E-state index in [-0.39, 0.29) is 17.4 Å². The number of carbonyl (C=O) groups is 1. The summed E-state index contributed by atoms with van der Waals surface area (Å²) in [7, 11) is 0. The fraction of sp³-hybridized carbons (Fsp3) is 0.300. The van der Waals surface area contributed by atoms with E-state index in [1.54, 1.807) is 30.3 Å². The monoisotopic (exact) mass is 431 g/mol. The van der Waals surface area contributed by atoms with E-state index in [4.69, 9.17) is 23.2 Å². The smallest absolute Gasteiger partial charge is 0.258 e. The van der Waals surface area contributed by atoms with Gasteiger partial charge in [-0.05, 0) is 56.3 Å². The fourth-order valence-corrected chi connectivity index (χ4v) is 3.76. The second-order valence-corrected chi connectivity index (χ2v) is 7.95. The van der Waals surface area contributed by atoms with Crippen LogP contribution in [0.25, 0.3) is 10.9 Å². The molecule has 0 aliphatic carbocycles. The lowest BCUT2D eigenvalue weighted by molar-refractivity contribution is -0.121. The summed E-state index contributed by atoms with van der Waals surface area (Å²) >= 11 is 11.8. The van der Waals surface area contributed by atoms with Gasteiger partial charge in [0.1, 0.15) is 11.6 Å². The summed E-state index contributed by atoms with van der Waals surface area (Å²) in [6.07, 6.45) is 2.96. The summed E-state index contributed by atoms with van der Waals surface area (Å²) in [6, 6.07) is 8.46. The molecule has 0 spiro atoms. The van der Waals surface area contributed by atoms with Crippen molar-refractivity contribution < 1.29 is 4.79 Å². The number of piperidine rings is 1. The van der Waals surface area contributed by atoms with Gasteiger partial charge >= 0.3 is 0 Å². The summed E-state index contributed by atoms with van der Waals surface area (Å²) in [5, 5.41) is 4.35. The molecule has 1 fully saturated rings. The number of hydrogen-bond donors (Lipinski definition) is 2. The molecule has 9 heteroatoms. The van der Waals surface area contributed by atoms with Crippen molar-refractivity contribution in [2.75, 3.05) is 18.4 Å². The van der Waals surface area contributed by atoms with Crippen LogP contribution in [0.5, 0.6) is 0 Å². The Balaban J connectivity index is 1.35. The second kappa shape index (κ2) is 8.49. The Labute approximate surface area is 177 Å². The number of halogens is 2. The zero-order valence-corrected chi connectivity index (χ0v) is 17.0. The highest BCUT2D eigenvalue weighted by Gasteiger charge is 2.25. The van der Waals surface area contributed by atoms with Crippen LogP contribution >= 0.6 is 23.2 Å². The first-order valence-electron chi connectivity index (χ1n) is 9.31. The van der Waals surface area contributed by atoms with Crippen LogP contribution in [-0.2, 0) is 11.3 Å². The van der Waals surface area contributed by atoms with E-state index in [0.29, 0.717) is 39.1 Å². The topological polar surface area (TPSA) is 91.0 Å². The Bertz CT molecular complexity index is 1090. The van der Waals surface area contributed by atoms with E-state index in [1.807, 2.05) is 0 Å². The lowest BCUT2D eigenvalue weighted by atomic mass is 9.96. The van der Waals surface area contributed by atoms with Crippen molar-refractivity contribution >= 4 is 45.8 Å². The molecule has 29 heavy (non-hydrogen) atoms. The normalized spacial score (nSPS) is 15.5. The lowest BCUT2D eigenvalue weighted by Crippen LogP contribution is -2.38. The molecule has 3 aromatic rings. The number of fused-ring (bicyclic) bond motifs is 1. The fourth-order valence-electron chi connectivity index (χ4n) is 3.48. The van der Waals surface area contributed by atoms with E-state index < -0.39 is 0 Å². The molecule has 4 rings (SSSR count). The zero-order valence-electron chi connectivity index (χ0n) is 15.5. The van der Waals surface area contributed by atoms with Gasteiger partial charge < -0.3 is 10.3 Å². The van der Waals surface area contributed by atoms with Gasteiger partial charge in [0.05, 0.1) is 22.5 Å². The van der Waals surface area contributed by atoms with Crippen molar-refractivity contribution in [3.8, 4) is 0 Å². The number of pyridine rings is 1. The molecule has 1 aliphatic rings. The van der Waals surface area contributed by atoms with Crippen LogP contribution in [0, 0.1) is 5.92 Å². The average molecular weight is 432 g/mol. The van der Waals surface area contributed by atoms with Crippen molar-refractivity contribution in [1.82, 2.24) is 19.9 Å². The van der Waals surface area contributed by atoms with Crippen LogP contribution in [-0.4, -0.2) is 38.8 Å². The third-order valence-electron chi connectivity index (χ3n) is 5.03. The van der Waals surface area contributed by atoms with Gasteiger partial charge in [0.2, 0.25) is 5.91 Å². The molecule has 2 N–H and O–H groups in total. The van der Waals surface area contributed by atoms with Crippen LogP contribution in [0.15, 0.2) is 41.3 Å². The maximum Gasteiger partial charge on any atom is 0.258 e. The third-order valence-corrected chi connectivity index (χ3v) is 5.49. The summed E-state index contributed by atoms with van der Waals surface area (Å²) in [6.45, 7) is 2.02. The standard InChI is InChI=1S/C20H19Cl2N5O2/c21-13-1-3-16-15(9-13)20(29)26-18(24-16)11-27-7-5-12(6-8-27)19(28)25-17-4-2-14(22)10-23-17/h1-4,9-10,12H,5-8,11H2,(H,23,25,28)(H,24,26,29). The highest BCUT2D eigenvalue weighted by atomic mass is 35.5. The predicted octanol–water partition coefficient (Wildman–Crippen LogP) is 3.48.